The highest BCUT2D eigenvalue weighted by molar-refractivity contribution is 6.11. The van der Waals surface area contributed by atoms with Crippen molar-refractivity contribution in [3.8, 4) is 17.4 Å². The van der Waals surface area contributed by atoms with Crippen molar-refractivity contribution in [2.24, 2.45) is 0 Å². The fourth-order valence-electron chi connectivity index (χ4n) is 2.80. The number of rotatable bonds is 3. The molecule has 0 saturated carbocycles. The smallest absolute Gasteiger partial charge is 0.216 e. The van der Waals surface area contributed by atoms with Gasteiger partial charge in [-0.15, -0.1) is 0 Å². The van der Waals surface area contributed by atoms with Crippen LogP contribution in [-0.2, 0) is 0 Å². The minimum atomic E-state index is -0.326. The van der Waals surface area contributed by atoms with Crippen LogP contribution in [0.1, 0.15) is 21.6 Å². The molecule has 0 spiro atoms. The third kappa shape index (κ3) is 2.58. The van der Waals surface area contributed by atoms with Crippen LogP contribution in [0, 0.1) is 11.3 Å². The van der Waals surface area contributed by atoms with Gasteiger partial charge in [0, 0.05) is 11.1 Å². The van der Waals surface area contributed by atoms with Crippen LogP contribution in [0.4, 0.5) is 0 Å². The first-order valence-electron chi connectivity index (χ1n) is 7.76. The van der Waals surface area contributed by atoms with Crippen molar-refractivity contribution in [2.45, 2.75) is 0 Å². The van der Waals surface area contributed by atoms with E-state index in [-0.39, 0.29) is 17.0 Å². The first-order chi connectivity index (χ1) is 12.3. The molecule has 0 aliphatic heterocycles. The molecule has 0 unspecified atom stereocenters. The quantitative estimate of drug-likeness (QED) is 0.517. The third-order valence-electron chi connectivity index (χ3n) is 4.07. The largest absolute Gasteiger partial charge is 0.354 e. The summed E-state index contributed by atoms with van der Waals surface area (Å²) in [4.78, 5) is 12.8. The fourth-order valence-corrected chi connectivity index (χ4v) is 2.80. The summed E-state index contributed by atoms with van der Waals surface area (Å²) < 4.78 is 5.31. The molecule has 4 aromatic rings. The zero-order valence-corrected chi connectivity index (χ0v) is 13.1. The second-order valence-electron chi connectivity index (χ2n) is 5.60. The lowest BCUT2D eigenvalue weighted by Crippen LogP contribution is -2.04. The minimum Gasteiger partial charge on any atom is -0.354 e. The normalized spacial score (nSPS) is 10.5. The predicted molar refractivity (Wildman–Crippen MR) is 94.0 cm³/mol. The summed E-state index contributed by atoms with van der Waals surface area (Å²) in [5.41, 5.74) is 1.38. The number of carbonyl (C=O) groups excluding carboxylic acids is 1. The van der Waals surface area contributed by atoms with Gasteiger partial charge in [-0.05, 0) is 16.8 Å². The molecule has 4 heteroatoms. The Balaban J connectivity index is 1.80. The molecule has 118 valence electrons. The summed E-state index contributed by atoms with van der Waals surface area (Å²) in [5, 5.41) is 15.4. The van der Waals surface area contributed by atoms with E-state index in [0.29, 0.717) is 16.9 Å². The summed E-state index contributed by atoms with van der Waals surface area (Å²) in [5.74, 6) is -0.0135. The first-order valence-corrected chi connectivity index (χ1v) is 7.76. The lowest BCUT2D eigenvalue weighted by atomic mass is 9.99. The molecule has 25 heavy (non-hydrogen) atoms. The molecular formula is C21H12N2O2. The molecule has 1 aromatic heterocycles. The van der Waals surface area contributed by atoms with Crippen molar-refractivity contribution in [3.05, 3.63) is 89.6 Å². The number of benzene rings is 3. The average Bonchev–Trinajstić information content (AvgIpc) is 3.11. The van der Waals surface area contributed by atoms with Crippen molar-refractivity contribution in [2.75, 3.05) is 0 Å². The Kier molecular flexibility index (Phi) is 3.60. The van der Waals surface area contributed by atoms with Gasteiger partial charge in [0.15, 0.2) is 11.5 Å². The van der Waals surface area contributed by atoms with Crippen LogP contribution in [0.25, 0.3) is 22.1 Å². The lowest BCUT2D eigenvalue weighted by Gasteiger charge is -2.01. The van der Waals surface area contributed by atoms with Crippen molar-refractivity contribution in [1.29, 1.82) is 5.26 Å². The topological polar surface area (TPSA) is 66.9 Å². The van der Waals surface area contributed by atoms with Crippen LogP contribution in [0.15, 0.2) is 77.3 Å². The van der Waals surface area contributed by atoms with Gasteiger partial charge in [0.2, 0.25) is 5.78 Å². The van der Waals surface area contributed by atoms with Gasteiger partial charge in [-0.1, -0.05) is 71.9 Å². The van der Waals surface area contributed by atoms with E-state index in [2.05, 4.69) is 11.2 Å². The summed E-state index contributed by atoms with van der Waals surface area (Å²) >= 11 is 0. The number of fused-ring (bicyclic) bond motifs is 1. The monoisotopic (exact) mass is 324 g/mol. The standard InChI is InChI=1S/C21H12N2O2/c22-13-18-19(23-25-21(18)15-7-2-1-3-8-15)20(24)17-11-10-14-6-4-5-9-16(14)12-17/h1-12H. The van der Waals surface area contributed by atoms with Gasteiger partial charge in [0.1, 0.15) is 11.6 Å². The molecule has 0 atom stereocenters. The highest BCUT2D eigenvalue weighted by Gasteiger charge is 2.24. The second kappa shape index (κ2) is 6.06. The molecule has 0 fully saturated rings. The van der Waals surface area contributed by atoms with Gasteiger partial charge in [0.05, 0.1) is 0 Å². The Labute approximate surface area is 143 Å². The number of hydrogen-bond acceptors (Lipinski definition) is 4. The fraction of sp³-hybridized carbons (Fsp3) is 0. The van der Waals surface area contributed by atoms with E-state index in [4.69, 9.17) is 4.52 Å². The Morgan fingerprint density at radius 3 is 2.40 bits per heavy atom. The van der Waals surface area contributed by atoms with Crippen molar-refractivity contribution < 1.29 is 9.32 Å². The van der Waals surface area contributed by atoms with E-state index < -0.39 is 0 Å². The maximum absolute atomic E-state index is 12.8. The summed E-state index contributed by atoms with van der Waals surface area (Å²) in [7, 11) is 0. The maximum atomic E-state index is 12.8. The van der Waals surface area contributed by atoms with Crippen LogP contribution in [0.5, 0.6) is 0 Å². The van der Waals surface area contributed by atoms with Gasteiger partial charge < -0.3 is 4.52 Å². The number of aromatic nitrogens is 1. The molecular weight excluding hydrogens is 312 g/mol. The third-order valence-corrected chi connectivity index (χ3v) is 4.07. The summed E-state index contributed by atoms with van der Waals surface area (Å²) in [6.45, 7) is 0. The number of hydrogen-bond donors (Lipinski definition) is 0. The SMILES string of the molecule is N#Cc1c(C(=O)c2ccc3ccccc3c2)noc1-c1ccccc1. The number of ketones is 1. The molecule has 0 radical (unpaired) electrons. The van der Waals surface area contributed by atoms with Gasteiger partial charge in [0.25, 0.3) is 0 Å². The van der Waals surface area contributed by atoms with Crippen LogP contribution >= 0.6 is 0 Å². The van der Waals surface area contributed by atoms with Crippen LogP contribution in [0.3, 0.4) is 0 Å². The predicted octanol–water partition coefficient (Wildman–Crippen LogP) is 4.60. The highest BCUT2D eigenvalue weighted by Crippen LogP contribution is 2.27. The zero-order chi connectivity index (χ0) is 17.2. The van der Waals surface area contributed by atoms with Gasteiger partial charge >= 0.3 is 0 Å². The summed E-state index contributed by atoms with van der Waals surface area (Å²) in [6, 6.07) is 24.4. The average molecular weight is 324 g/mol. The Morgan fingerprint density at radius 1 is 0.920 bits per heavy atom. The van der Waals surface area contributed by atoms with Crippen LogP contribution < -0.4 is 0 Å². The van der Waals surface area contributed by atoms with Crippen molar-refractivity contribution in [3.63, 3.8) is 0 Å². The number of nitriles is 1. The molecule has 0 saturated heterocycles. The molecule has 0 aliphatic carbocycles. The number of carbonyl (C=O) groups is 1. The van der Waals surface area contributed by atoms with E-state index >= 15 is 0 Å². The number of nitrogens with zero attached hydrogens (tertiary/aromatic N) is 2. The molecule has 4 nitrogen and oxygen atoms in total. The van der Waals surface area contributed by atoms with E-state index in [0.717, 1.165) is 10.8 Å². The van der Waals surface area contributed by atoms with Crippen molar-refractivity contribution in [1.82, 2.24) is 5.16 Å². The Bertz CT molecular complexity index is 1120. The van der Waals surface area contributed by atoms with Gasteiger partial charge in [-0.25, -0.2) is 0 Å². The van der Waals surface area contributed by atoms with E-state index in [1.807, 2.05) is 60.7 Å². The zero-order valence-electron chi connectivity index (χ0n) is 13.1. The van der Waals surface area contributed by atoms with Gasteiger partial charge in [-0.2, -0.15) is 5.26 Å². The molecule has 0 bridgehead atoms. The summed E-state index contributed by atoms with van der Waals surface area (Å²) in [6.07, 6.45) is 0. The van der Waals surface area contributed by atoms with Crippen LogP contribution in [0.2, 0.25) is 0 Å². The van der Waals surface area contributed by atoms with Crippen molar-refractivity contribution >= 4 is 16.6 Å². The Morgan fingerprint density at radius 2 is 1.64 bits per heavy atom. The Hall–Kier alpha value is -3.71. The van der Waals surface area contributed by atoms with Gasteiger partial charge in [-0.3, -0.25) is 4.79 Å². The van der Waals surface area contributed by atoms with E-state index in [1.54, 1.807) is 12.1 Å². The molecule has 3 aromatic carbocycles. The lowest BCUT2D eigenvalue weighted by molar-refractivity contribution is 0.103. The molecule has 1 heterocycles. The molecule has 0 aliphatic rings. The molecule has 0 amide bonds. The van der Waals surface area contributed by atoms with E-state index in [1.165, 1.54) is 0 Å². The maximum Gasteiger partial charge on any atom is 0.216 e. The second-order valence-corrected chi connectivity index (χ2v) is 5.60. The van der Waals surface area contributed by atoms with E-state index in [9.17, 15) is 10.1 Å². The minimum absolute atomic E-state index is 0.0386. The highest BCUT2D eigenvalue weighted by atomic mass is 16.5. The van der Waals surface area contributed by atoms with Crippen LogP contribution in [-0.4, -0.2) is 10.9 Å². The molecule has 0 N–H and O–H groups in total. The first kappa shape index (κ1) is 14.9. The molecule has 4 rings (SSSR count).